The number of para-hydroxylation sites is 3. The molecule has 0 spiro atoms. The Balaban J connectivity index is 1.10. The number of hydrogen-bond donors (Lipinski definition) is 0. The highest BCUT2D eigenvalue weighted by Gasteiger charge is 2.22. The first kappa shape index (κ1) is 33.4. The van der Waals surface area contributed by atoms with Crippen LogP contribution in [0, 0.1) is 0 Å². The predicted molar refractivity (Wildman–Crippen MR) is 239 cm³/mol. The molecule has 58 heavy (non-hydrogen) atoms. The van der Waals surface area contributed by atoms with Crippen LogP contribution in [-0.4, -0.2) is 15.0 Å². The number of furan rings is 1. The van der Waals surface area contributed by atoms with Gasteiger partial charge < -0.3 is 9.32 Å². The Kier molecular flexibility index (Phi) is 8.07. The molecular weight excluding hydrogens is 709 g/mol. The fraction of sp³-hybridized carbons (Fsp3) is 0. The van der Waals surface area contributed by atoms with E-state index in [-0.39, 0.29) is 0 Å². The molecule has 0 aliphatic heterocycles. The van der Waals surface area contributed by atoms with E-state index in [1.807, 2.05) is 42.5 Å². The van der Waals surface area contributed by atoms with Gasteiger partial charge in [-0.3, -0.25) is 0 Å². The van der Waals surface area contributed by atoms with Crippen molar-refractivity contribution in [1.82, 2.24) is 15.0 Å². The number of fused-ring (bicyclic) bond motifs is 5. The number of nitrogens with zero attached hydrogens (tertiary/aromatic N) is 4. The first-order chi connectivity index (χ1) is 28.7. The third-order valence-corrected chi connectivity index (χ3v) is 10.9. The molecule has 0 fully saturated rings. The van der Waals surface area contributed by atoms with Crippen molar-refractivity contribution in [2.75, 3.05) is 4.90 Å². The molecule has 0 saturated heterocycles. The summed E-state index contributed by atoms with van der Waals surface area (Å²) in [6.07, 6.45) is 0. The van der Waals surface area contributed by atoms with Gasteiger partial charge in [-0.15, -0.1) is 0 Å². The van der Waals surface area contributed by atoms with E-state index in [1.165, 1.54) is 5.39 Å². The van der Waals surface area contributed by atoms with Crippen molar-refractivity contribution < 1.29 is 4.42 Å². The molecule has 11 aromatic rings. The lowest BCUT2D eigenvalue weighted by atomic mass is 9.94. The SMILES string of the molecule is c1ccc(-c2nc(-c3ccc4ccccc4c3)nc(-c3cccc4c3oc3c(-c5ccc(N(c6ccccc6)c6ccccc6)cc5)c5ccccc5cc34)n2)cc1. The summed E-state index contributed by atoms with van der Waals surface area (Å²) in [4.78, 5) is 17.6. The molecule has 0 saturated carbocycles. The van der Waals surface area contributed by atoms with E-state index in [1.54, 1.807) is 0 Å². The maximum atomic E-state index is 7.09. The van der Waals surface area contributed by atoms with E-state index in [4.69, 9.17) is 19.4 Å². The van der Waals surface area contributed by atoms with Crippen molar-refractivity contribution >= 4 is 60.5 Å². The van der Waals surface area contributed by atoms with E-state index in [0.717, 1.165) is 83.0 Å². The van der Waals surface area contributed by atoms with Crippen LogP contribution in [0.25, 0.3) is 88.8 Å². The van der Waals surface area contributed by atoms with Crippen molar-refractivity contribution in [3.63, 3.8) is 0 Å². The minimum Gasteiger partial charge on any atom is -0.455 e. The second-order valence-electron chi connectivity index (χ2n) is 14.4. The van der Waals surface area contributed by atoms with Crippen LogP contribution in [0.4, 0.5) is 17.1 Å². The minimum absolute atomic E-state index is 0.555. The number of rotatable bonds is 7. The molecule has 0 bridgehead atoms. The first-order valence-electron chi connectivity index (χ1n) is 19.4. The molecule has 0 amide bonds. The molecule has 0 N–H and O–H groups in total. The van der Waals surface area contributed by atoms with Crippen LogP contribution in [0.15, 0.2) is 211 Å². The molecule has 0 aliphatic rings. The largest absolute Gasteiger partial charge is 0.455 e. The number of anilines is 3. The summed E-state index contributed by atoms with van der Waals surface area (Å²) >= 11 is 0. The normalized spacial score (nSPS) is 11.4. The van der Waals surface area contributed by atoms with E-state index < -0.39 is 0 Å². The maximum absolute atomic E-state index is 7.09. The molecule has 11 rings (SSSR count). The summed E-state index contributed by atoms with van der Waals surface area (Å²) < 4.78 is 7.09. The van der Waals surface area contributed by atoms with E-state index in [0.29, 0.717) is 17.5 Å². The molecule has 0 unspecified atom stereocenters. The Morgan fingerprint density at radius 2 is 0.879 bits per heavy atom. The summed E-state index contributed by atoms with van der Waals surface area (Å²) in [6, 6.07) is 71.6. The molecule has 0 radical (unpaired) electrons. The second kappa shape index (κ2) is 14.0. The van der Waals surface area contributed by atoms with Crippen LogP contribution < -0.4 is 4.90 Å². The second-order valence-corrected chi connectivity index (χ2v) is 14.4. The Morgan fingerprint density at radius 1 is 0.328 bits per heavy atom. The quantitative estimate of drug-likeness (QED) is 0.163. The highest BCUT2D eigenvalue weighted by Crippen LogP contribution is 2.44. The lowest BCUT2D eigenvalue weighted by Gasteiger charge is -2.25. The number of hydrogen-bond acceptors (Lipinski definition) is 5. The van der Waals surface area contributed by atoms with Gasteiger partial charge >= 0.3 is 0 Å². The third kappa shape index (κ3) is 5.85. The van der Waals surface area contributed by atoms with Gasteiger partial charge in [0.15, 0.2) is 17.5 Å². The zero-order valence-corrected chi connectivity index (χ0v) is 31.3. The van der Waals surface area contributed by atoms with Crippen molar-refractivity contribution in [3.05, 3.63) is 206 Å². The summed E-state index contributed by atoms with van der Waals surface area (Å²) in [6.45, 7) is 0. The summed E-state index contributed by atoms with van der Waals surface area (Å²) in [5.41, 5.74) is 9.57. The summed E-state index contributed by atoms with van der Waals surface area (Å²) in [5, 5.41) is 6.60. The van der Waals surface area contributed by atoms with Crippen LogP contribution >= 0.6 is 0 Å². The maximum Gasteiger partial charge on any atom is 0.167 e. The smallest absolute Gasteiger partial charge is 0.167 e. The Hall–Kier alpha value is -7.89. The first-order valence-corrected chi connectivity index (χ1v) is 19.4. The average molecular weight is 743 g/mol. The van der Waals surface area contributed by atoms with E-state index in [2.05, 4.69) is 169 Å². The molecule has 2 aromatic heterocycles. The molecule has 5 nitrogen and oxygen atoms in total. The van der Waals surface area contributed by atoms with Gasteiger partial charge in [0.25, 0.3) is 0 Å². The topological polar surface area (TPSA) is 55.1 Å². The molecular formula is C53H34N4O. The van der Waals surface area contributed by atoms with Crippen LogP contribution in [-0.2, 0) is 0 Å². The third-order valence-electron chi connectivity index (χ3n) is 10.9. The highest BCUT2D eigenvalue weighted by molar-refractivity contribution is 6.19. The van der Waals surface area contributed by atoms with Crippen LogP contribution in [0.2, 0.25) is 0 Å². The van der Waals surface area contributed by atoms with Gasteiger partial charge in [-0.05, 0) is 81.7 Å². The van der Waals surface area contributed by atoms with Gasteiger partial charge in [0.05, 0.1) is 5.56 Å². The van der Waals surface area contributed by atoms with E-state index in [9.17, 15) is 0 Å². The van der Waals surface area contributed by atoms with Gasteiger partial charge in [0.2, 0.25) is 0 Å². The number of aromatic nitrogens is 3. The van der Waals surface area contributed by atoms with Gasteiger partial charge in [-0.25, -0.2) is 15.0 Å². The number of benzene rings is 9. The predicted octanol–water partition coefficient (Wildman–Crippen LogP) is 14.2. The average Bonchev–Trinajstić information content (AvgIpc) is 3.67. The lowest BCUT2D eigenvalue weighted by Crippen LogP contribution is -2.09. The fourth-order valence-electron chi connectivity index (χ4n) is 8.11. The van der Waals surface area contributed by atoms with Crippen LogP contribution in [0.3, 0.4) is 0 Å². The minimum atomic E-state index is 0.555. The molecule has 2 heterocycles. The van der Waals surface area contributed by atoms with Crippen molar-refractivity contribution in [1.29, 1.82) is 0 Å². The lowest BCUT2D eigenvalue weighted by molar-refractivity contribution is 0.671. The van der Waals surface area contributed by atoms with Crippen molar-refractivity contribution in [2.24, 2.45) is 0 Å². The highest BCUT2D eigenvalue weighted by atomic mass is 16.3. The van der Waals surface area contributed by atoms with E-state index >= 15 is 0 Å². The molecule has 0 aliphatic carbocycles. The van der Waals surface area contributed by atoms with Gasteiger partial charge in [-0.1, -0.05) is 152 Å². The monoisotopic (exact) mass is 742 g/mol. The molecule has 272 valence electrons. The van der Waals surface area contributed by atoms with Gasteiger partial charge in [0.1, 0.15) is 11.2 Å². The van der Waals surface area contributed by atoms with Crippen LogP contribution in [0.1, 0.15) is 0 Å². The van der Waals surface area contributed by atoms with Gasteiger partial charge in [-0.2, -0.15) is 0 Å². The standard InChI is InChI=1S/C53H34N4O/c1-4-16-37(17-5-1)51-54-52(40-28-27-35-15-10-11-18-38(35)33-40)56-53(55-51)46-26-14-25-45-47-34-39-19-12-13-24-44(39)48(50(47)58-49(45)46)36-29-31-43(32-30-36)57(41-20-6-2-7-21-41)42-22-8-3-9-23-42/h1-34H. The van der Waals surface area contributed by atoms with Crippen molar-refractivity contribution in [3.8, 4) is 45.3 Å². The van der Waals surface area contributed by atoms with Crippen LogP contribution in [0.5, 0.6) is 0 Å². The summed E-state index contributed by atoms with van der Waals surface area (Å²) in [7, 11) is 0. The Labute approximate surface area is 335 Å². The fourth-order valence-corrected chi connectivity index (χ4v) is 8.11. The zero-order chi connectivity index (χ0) is 38.4. The molecule has 9 aromatic carbocycles. The van der Waals surface area contributed by atoms with Gasteiger partial charge in [0, 0.05) is 44.5 Å². The Bertz CT molecular complexity index is 3230. The van der Waals surface area contributed by atoms with Crippen molar-refractivity contribution in [2.45, 2.75) is 0 Å². The molecule has 5 heteroatoms. The summed E-state index contributed by atoms with van der Waals surface area (Å²) in [5.74, 6) is 1.77. The molecule has 0 atom stereocenters. The zero-order valence-electron chi connectivity index (χ0n) is 31.3. The Morgan fingerprint density at radius 3 is 1.60 bits per heavy atom.